The van der Waals surface area contributed by atoms with Crippen molar-refractivity contribution in [1.29, 1.82) is 0 Å². The van der Waals surface area contributed by atoms with Crippen LogP contribution in [0.25, 0.3) is 0 Å². The van der Waals surface area contributed by atoms with Gasteiger partial charge in [0, 0.05) is 12.1 Å². The summed E-state index contributed by atoms with van der Waals surface area (Å²) in [6.07, 6.45) is 1.05. The molecule has 1 N–H and O–H groups in total. The molecule has 3 nitrogen and oxygen atoms in total. The van der Waals surface area contributed by atoms with Crippen LogP contribution in [0.3, 0.4) is 0 Å². The van der Waals surface area contributed by atoms with Crippen molar-refractivity contribution >= 4 is 9.84 Å². The second-order valence-corrected chi connectivity index (χ2v) is 7.57. The van der Waals surface area contributed by atoms with Crippen LogP contribution in [0, 0.1) is 5.92 Å². The summed E-state index contributed by atoms with van der Waals surface area (Å²) in [7, 11) is -3.09. The maximum Gasteiger partial charge on any atom is 0.180 e. The first-order chi connectivity index (χ1) is 8.40. The van der Waals surface area contributed by atoms with Gasteiger partial charge in [0.05, 0.1) is 10.6 Å². The number of hydrogen-bond donors (Lipinski definition) is 1. The van der Waals surface area contributed by atoms with Crippen LogP contribution in [0.2, 0.25) is 0 Å². The fraction of sp³-hybridized carbons (Fsp3) is 0.571. The van der Waals surface area contributed by atoms with Gasteiger partial charge < -0.3 is 5.32 Å². The largest absolute Gasteiger partial charge is 0.306 e. The van der Waals surface area contributed by atoms with Crippen molar-refractivity contribution < 1.29 is 8.42 Å². The number of hydrogen-bond acceptors (Lipinski definition) is 3. The molecular weight excluding hydrogens is 246 g/mol. The Bertz CT molecular complexity index is 522. The molecule has 0 spiro atoms. The smallest absolute Gasteiger partial charge is 0.180 e. The lowest BCUT2D eigenvalue weighted by Crippen LogP contribution is -2.32. The van der Waals surface area contributed by atoms with Gasteiger partial charge in [-0.15, -0.1) is 0 Å². The van der Waals surface area contributed by atoms with Gasteiger partial charge in [-0.25, -0.2) is 8.42 Å². The molecule has 0 fully saturated rings. The molecule has 1 aromatic carbocycles. The first kappa shape index (κ1) is 13.6. The van der Waals surface area contributed by atoms with Crippen molar-refractivity contribution in [3.63, 3.8) is 0 Å². The summed E-state index contributed by atoms with van der Waals surface area (Å²) < 4.78 is 24.1. The zero-order valence-electron chi connectivity index (χ0n) is 11.2. The molecular formula is C14H21NO2S. The summed E-state index contributed by atoms with van der Waals surface area (Å²) in [5.41, 5.74) is 0.924. The SMILES string of the molecule is CC(C)CC(C)NC1CS(=O)(=O)c2ccccc21. The van der Waals surface area contributed by atoms with E-state index in [-0.39, 0.29) is 11.8 Å². The van der Waals surface area contributed by atoms with Crippen molar-refractivity contribution in [3.05, 3.63) is 29.8 Å². The third kappa shape index (κ3) is 2.75. The Morgan fingerprint density at radius 2 is 1.94 bits per heavy atom. The van der Waals surface area contributed by atoms with E-state index in [1.165, 1.54) is 0 Å². The highest BCUT2D eigenvalue weighted by Gasteiger charge is 2.34. The normalized spacial score (nSPS) is 23.0. The van der Waals surface area contributed by atoms with E-state index in [1.54, 1.807) is 12.1 Å². The number of sulfone groups is 1. The van der Waals surface area contributed by atoms with E-state index in [1.807, 2.05) is 12.1 Å². The van der Waals surface area contributed by atoms with E-state index < -0.39 is 9.84 Å². The van der Waals surface area contributed by atoms with Crippen LogP contribution in [0.15, 0.2) is 29.2 Å². The van der Waals surface area contributed by atoms with E-state index in [0.29, 0.717) is 16.9 Å². The van der Waals surface area contributed by atoms with Gasteiger partial charge in [-0.05, 0) is 30.9 Å². The molecule has 1 aromatic rings. The second-order valence-electron chi connectivity index (χ2n) is 5.57. The molecule has 0 saturated carbocycles. The van der Waals surface area contributed by atoms with Crippen LogP contribution in [0.4, 0.5) is 0 Å². The highest BCUT2D eigenvalue weighted by Crippen LogP contribution is 2.33. The lowest BCUT2D eigenvalue weighted by atomic mass is 10.0. The fourth-order valence-electron chi connectivity index (χ4n) is 2.71. The number of rotatable bonds is 4. The van der Waals surface area contributed by atoms with Crippen LogP contribution < -0.4 is 5.32 Å². The van der Waals surface area contributed by atoms with E-state index in [9.17, 15) is 8.42 Å². The summed E-state index contributed by atoms with van der Waals surface area (Å²) in [6.45, 7) is 6.47. The maximum absolute atomic E-state index is 12.0. The molecule has 18 heavy (non-hydrogen) atoms. The minimum absolute atomic E-state index is 0.0556. The molecule has 0 saturated heterocycles. The van der Waals surface area contributed by atoms with E-state index in [0.717, 1.165) is 12.0 Å². The summed E-state index contributed by atoms with van der Waals surface area (Å²) in [5, 5.41) is 3.44. The fourth-order valence-corrected chi connectivity index (χ4v) is 4.46. The van der Waals surface area contributed by atoms with Gasteiger partial charge in [0.2, 0.25) is 0 Å². The van der Waals surface area contributed by atoms with E-state index >= 15 is 0 Å². The van der Waals surface area contributed by atoms with Gasteiger partial charge in [-0.3, -0.25) is 0 Å². The molecule has 0 radical (unpaired) electrons. The van der Waals surface area contributed by atoms with Crippen LogP contribution >= 0.6 is 0 Å². The highest BCUT2D eigenvalue weighted by atomic mass is 32.2. The number of nitrogens with one attached hydrogen (secondary N) is 1. The maximum atomic E-state index is 12.0. The van der Waals surface area contributed by atoms with Crippen molar-refractivity contribution in [2.24, 2.45) is 5.92 Å². The highest BCUT2D eigenvalue weighted by molar-refractivity contribution is 7.91. The molecule has 100 valence electrons. The number of benzene rings is 1. The molecule has 1 aliphatic heterocycles. The number of fused-ring (bicyclic) bond motifs is 1. The van der Waals surface area contributed by atoms with Gasteiger partial charge in [0.15, 0.2) is 9.84 Å². The van der Waals surface area contributed by atoms with Crippen molar-refractivity contribution in [2.45, 2.75) is 44.2 Å². The Hall–Kier alpha value is -0.870. The molecule has 0 amide bonds. The topological polar surface area (TPSA) is 46.2 Å². The van der Waals surface area contributed by atoms with Gasteiger partial charge in [-0.2, -0.15) is 0 Å². The van der Waals surface area contributed by atoms with Crippen LogP contribution in [0.5, 0.6) is 0 Å². The Morgan fingerprint density at radius 3 is 2.61 bits per heavy atom. The Kier molecular flexibility index (Phi) is 3.78. The van der Waals surface area contributed by atoms with Gasteiger partial charge in [0.1, 0.15) is 0 Å². The average molecular weight is 267 g/mol. The molecule has 0 bridgehead atoms. The molecule has 4 heteroatoms. The predicted molar refractivity (Wildman–Crippen MR) is 73.3 cm³/mol. The van der Waals surface area contributed by atoms with Gasteiger partial charge >= 0.3 is 0 Å². The Balaban J connectivity index is 2.18. The molecule has 0 aromatic heterocycles. The van der Waals surface area contributed by atoms with Gasteiger partial charge in [-0.1, -0.05) is 32.0 Å². The monoisotopic (exact) mass is 267 g/mol. The van der Waals surface area contributed by atoms with Crippen LogP contribution in [-0.2, 0) is 9.84 Å². The molecule has 1 heterocycles. The molecule has 2 rings (SSSR count). The lowest BCUT2D eigenvalue weighted by molar-refractivity contribution is 0.409. The third-order valence-electron chi connectivity index (χ3n) is 3.33. The zero-order chi connectivity index (χ0) is 13.3. The first-order valence-corrected chi connectivity index (χ1v) is 8.13. The third-order valence-corrected chi connectivity index (χ3v) is 5.14. The van der Waals surface area contributed by atoms with E-state index in [4.69, 9.17) is 0 Å². The zero-order valence-corrected chi connectivity index (χ0v) is 12.0. The summed E-state index contributed by atoms with van der Waals surface area (Å²) in [5.74, 6) is 0.801. The van der Waals surface area contributed by atoms with Gasteiger partial charge in [0.25, 0.3) is 0 Å². The standard InChI is InChI=1S/C14H21NO2S/c1-10(2)8-11(3)15-13-9-18(16,17)14-7-5-4-6-12(13)14/h4-7,10-11,13,15H,8-9H2,1-3H3. The average Bonchev–Trinajstić information content (AvgIpc) is 2.50. The molecule has 1 aliphatic rings. The van der Waals surface area contributed by atoms with Crippen LogP contribution in [-0.4, -0.2) is 20.2 Å². The van der Waals surface area contributed by atoms with Crippen molar-refractivity contribution in [3.8, 4) is 0 Å². The summed E-state index contributed by atoms with van der Waals surface area (Å²) >= 11 is 0. The quantitative estimate of drug-likeness (QED) is 0.912. The molecule has 2 unspecified atom stereocenters. The first-order valence-electron chi connectivity index (χ1n) is 6.48. The van der Waals surface area contributed by atoms with Crippen molar-refractivity contribution in [1.82, 2.24) is 5.32 Å². The molecule has 2 atom stereocenters. The van der Waals surface area contributed by atoms with E-state index in [2.05, 4.69) is 26.1 Å². The summed E-state index contributed by atoms with van der Waals surface area (Å²) in [4.78, 5) is 0.499. The predicted octanol–water partition coefficient (Wildman–Crippen LogP) is 2.54. The Morgan fingerprint density at radius 1 is 1.28 bits per heavy atom. The minimum atomic E-state index is -3.09. The van der Waals surface area contributed by atoms with Crippen LogP contribution in [0.1, 0.15) is 38.8 Å². The lowest BCUT2D eigenvalue weighted by Gasteiger charge is -2.20. The second kappa shape index (κ2) is 5.02. The minimum Gasteiger partial charge on any atom is -0.306 e. The van der Waals surface area contributed by atoms with Crippen molar-refractivity contribution in [2.75, 3.05) is 5.75 Å². The summed E-state index contributed by atoms with van der Waals surface area (Å²) in [6, 6.07) is 7.59. The molecule has 0 aliphatic carbocycles. The Labute approximate surface area is 110 Å².